The number of ether oxygens (including phenoxy) is 2. The zero-order chi connectivity index (χ0) is 16.1. The van der Waals surface area contributed by atoms with E-state index in [9.17, 15) is 0 Å². The Hall–Kier alpha value is -1.70. The molecule has 2 aromatic rings. The largest absolute Gasteiger partial charge is 0.480 e. The highest BCUT2D eigenvalue weighted by atomic mass is 35.5. The molecule has 6 nitrogen and oxygen atoms in total. The van der Waals surface area contributed by atoms with E-state index in [0.717, 1.165) is 42.6 Å². The monoisotopic (exact) mass is 352 g/mol. The highest BCUT2D eigenvalue weighted by Crippen LogP contribution is 2.32. The molecule has 0 aromatic carbocycles. The highest BCUT2D eigenvalue weighted by Gasteiger charge is 2.15. The molecule has 0 unspecified atom stereocenters. The first-order valence-corrected chi connectivity index (χ1v) is 8.37. The Bertz CT molecular complexity index is 668. The predicted octanol–water partition coefficient (Wildman–Crippen LogP) is 3.09. The molecule has 3 heterocycles. The normalized spacial score (nSPS) is 14.6. The Kier molecular flexibility index (Phi) is 5.43. The van der Waals surface area contributed by atoms with Gasteiger partial charge in [-0.1, -0.05) is 11.6 Å². The maximum atomic E-state index is 5.90. The van der Waals surface area contributed by atoms with Gasteiger partial charge in [0.25, 0.3) is 0 Å². The molecule has 1 fully saturated rings. The van der Waals surface area contributed by atoms with Gasteiger partial charge in [-0.25, -0.2) is 9.97 Å². The Morgan fingerprint density at radius 1 is 1.30 bits per heavy atom. The molecule has 2 aromatic heterocycles. The van der Waals surface area contributed by atoms with Crippen molar-refractivity contribution in [3.8, 4) is 5.88 Å². The summed E-state index contributed by atoms with van der Waals surface area (Å²) in [4.78, 5) is 11.5. The SMILES string of the molecule is COc1ncc(N2CCOCC2)cc1SNc1ccnc(Cl)c1. The van der Waals surface area contributed by atoms with Crippen LogP contribution in [0.5, 0.6) is 5.88 Å². The van der Waals surface area contributed by atoms with Gasteiger partial charge in [-0.05, 0) is 30.1 Å². The molecule has 23 heavy (non-hydrogen) atoms. The van der Waals surface area contributed by atoms with Crippen LogP contribution in [0.2, 0.25) is 5.15 Å². The minimum atomic E-state index is 0.447. The smallest absolute Gasteiger partial charge is 0.229 e. The minimum Gasteiger partial charge on any atom is -0.480 e. The molecular weight excluding hydrogens is 336 g/mol. The second-order valence-electron chi connectivity index (χ2n) is 4.87. The standard InChI is InChI=1S/C15H17ClN4O2S/c1-21-15-13(23-19-11-2-3-17-14(16)8-11)9-12(10-18-15)20-4-6-22-7-5-20/h2-3,8-10H,4-7H2,1H3,(H,17,19). The molecule has 0 amide bonds. The van der Waals surface area contributed by atoms with Crippen LogP contribution in [0.3, 0.4) is 0 Å². The summed E-state index contributed by atoms with van der Waals surface area (Å²) in [6.07, 6.45) is 3.49. The summed E-state index contributed by atoms with van der Waals surface area (Å²) in [6.45, 7) is 3.21. The second-order valence-corrected chi connectivity index (χ2v) is 6.11. The number of nitrogens with one attached hydrogen (secondary N) is 1. The summed E-state index contributed by atoms with van der Waals surface area (Å²) in [5.41, 5.74) is 1.93. The fraction of sp³-hybridized carbons (Fsp3) is 0.333. The molecule has 1 N–H and O–H groups in total. The molecule has 0 aliphatic carbocycles. The summed E-state index contributed by atoms with van der Waals surface area (Å²) < 4.78 is 14.0. The summed E-state index contributed by atoms with van der Waals surface area (Å²) in [7, 11) is 1.62. The lowest BCUT2D eigenvalue weighted by Crippen LogP contribution is -2.36. The van der Waals surface area contributed by atoms with E-state index >= 15 is 0 Å². The number of methoxy groups -OCH3 is 1. The lowest BCUT2D eigenvalue weighted by Gasteiger charge is -2.29. The van der Waals surface area contributed by atoms with Crippen LogP contribution in [0, 0.1) is 0 Å². The molecule has 0 saturated carbocycles. The number of hydrogen-bond acceptors (Lipinski definition) is 7. The number of rotatable bonds is 5. The van der Waals surface area contributed by atoms with E-state index in [1.165, 1.54) is 11.9 Å². The van der Waals surface area contributed by atoms with Crippen LogP contribution in [0.1, 0.15) is 0 Å². The van der Waals surface area contributed by atoms with Crippen molar-refractivity contribution in [2.75, 3.05) is 43.0 Å². The van der Waals surface area contributed by atoms with Crippen LogP contribution < -0.4 is 14.4 Å². The van der Waals surface area contributed by atoms with Gasteiger partial charge in [0.1, 0.15) is 5.15 Å². The molecule has 1 aliphatic heterocycles. The maximum Gasteiger partial charge on any atom is 0.229 e. The third kappa shape index (κ3) is 4.19. The van der Waals surface area contributed by atoms with Gasteiger partial charge >= 0.3 is 0 Å². The van der Waals surface area contributed by atoms with Crippen LogP contribution in [-0.4, -0.2) is 43.4 Å². The average Bonchev–Trinajstić information content (AvgIpc) is 2.60. The van der Waals surface area contributed by atoms with Crippen molar-refractivity contribution < 1.29 is 9.47 Å². The van der Waals surface area contributed by atoms with Crippen molar-refractivity contribution in [3.05, 3.63) is 35.7 Å². The van der Waals surface area contributed by atoms with Crippen molar-refractivity contribution >= 4 is 34.9 Å². The number of aromatic nitrogens is 2. The number of morpholine rings is 1. The molecule has 1 saturated heterocycles. The Balaban J connectivity index is 1.76. The summed E-state index contributed by atoms with van der Waals surface area (Å²) in [5, 5.41) is 0.447. The molecule has 0 bridgehead atoms. The van der Waals surface area contributed by atoms with Crippen molar-refractivity contribution in [1.82, 2.24) is 9.97 Å². The fourth-order valence-electron chi connectivity index (χ4n) is 2.22. The molecule has 3 rings (SSSR count). The number of anilines is 2. The van der Waals surface area contributed by atoms with E-state index in [4.69, 9.17) is 21.1 Å². The first-order valence-electron chi connectivity index (χ1n) is 7.17. The first-order chi connectivity index (χ1) is 11.3. The van der Waals surface area contributed by atoms with Gasteiger partial charge in [0.05, 0.1) is 37.1 Å². The van der Waals surface area contributed by atoms with E-state index in [0.29, 0.717) is 11.0 Å². The number of nitrogens with zero attached hydrogens (tertiary/aromatic N) is 3. The molecule has 1 aliphatic rings. The summed E-state index contributed by atoms with van der Waals surface area (Å²) >= 11 is 7.33. The number of hydrogen-bond donors (Lipinski definition) is 1. The Morgan fingerprint density at radius 3 is 2.87 bits per heavy atom. The lowest BCUT2D eigenvalue weighted by atomic mass is 10.3. The van der Waals surface area contributed by atoms with Crippen LogP contribution in [0.15, 0.2) is 35.5 Å². The predicted molar refractivity (Wildman–Crippen MR) is 92.5 cm³/mol. The molecule has 122 valence electrons. The van der Waals surface area contributed by atoms with Gasteiger partial charge in [-0.3, -0.25) is 0 Å². The summed E-state index contributed by atoms with van der Waals surface area (Å²) in [6, 6.07) is 5.68. The number of pyridine rings is 2. The number of halogens is 1. The summed E-state index contributed by atoms with van der Waals surface area (Å²) in [5.74, 6) is 0.583. The van der Waals surface area contributed by atoms with E-state index < -0.39 is 0 Å². The van der Waals surface area contributed by atoms with Crippen molar-refractivity contribution in [1.29, 1.82) is 0 Å². The van der Waals surface area contributed by atoms with Crippen LogP contribution in [-0.2, 0) is 4.74 Å². The van der Waals surface area contributed by atoms with E-state index in [1.54, 1.807) is 19.4 Å². The molecule has 0 spiro atoms. The second kappa shape index (κ2) is 7.72. The topological polar surface area (TPSA) is 59.5 Å². The highest BCUT2D eigenvalue weighted by molar-refractivity contribution is 8.00. The molecule has 0 radical (unpaired) electrons. The maximum absolute atomic E-state index is 5.90. The van der Waals surface area contributed by atoms with E-state index in [1.807, 2.05) is 12.3 Å². The van der Waals surface area contributed by atoms with Gasteiger partial charge in [0.2, 0.25) is 5.88 Å². The first kappa shape index (κ1) is 16.2. The Labute approximate surface area is 144 Å². The quantitative estimate of drug-likeness (QED) is 0.655. The van der Waals surface area contributed by atoms with E-state index in [-0.39, 0.29) is 0 Å². The zero-order valence-corrected chi connectivity index (χ0v) is 14.2. The average molecular weight is 353 g/mol. The van der Waals surface area contributed by atoms with Crippen LogP contribution in [0.4, 0.5) is 11.4 Å². The lowest BCUT2D eigenvalue weighted by molar-refractivity contribution is 0.122. The fourth-order valence-corrected chi connectivity index (χ4v) is 3.15. The third-order valence-corrected chi connectivity index (χ3v) is 4.44. The minimum absolute atomic E-state index is 0.447. The van der Waals surface area contributed by atoms with Gasteiger partial charge in [-0.15, -0.1) is 0 Å². The molecule has 0 atom stereocenters. The van der Waals surface area contributed by atoms with E-state index in [2.05, 4.69) is 25.7 Å². The van der Waals surface area contributed by atoms with Gasteiger partial charge in [-0.2, -0.15) is 0 Å². The van der Waals surface area contributed by atoms with Crippen molar-refractivity contribution in [2.24, 2.45) is 0 Å². The molecular formula is C15H17ClN4O2S. The zero-order valence-electron chi connectivity index (χ0n) is 12.7. The molecule has 8 heteroatoms. The van der Waals surface area contributed by atoms with Crippen LogP contribution >= 0.6 is 23.5 Å². The van der Waals surface area contributed by atoms with Crippen molar-refractivity contribution in [2.45, 2.75) is 4.90 Å². The third-order valence-electron chi connectivity index (χ3n) is 3.38. The van der Waals surface area contributed by atoms with Crippen LogP contribution in [0.25, 0.3) is 0 Å². The van der Waals surface area contributed by atoms with Gasteiger partial charge in [0, 0.05) is 25.0 Å². The Morgan fingerprint density at radius 2 is 2.13 bits per heavy atom. The van der Waals surface area contributed by atoms with Gasteiger partial charge in [0.15, 0.2) is 0 Å². The van der Waals surface area contributed by atoms with Gasteiger partial charge < -0.3 is 19.1 Å². The van der Waals surface area contributed by atoms with Crippen molar-refractivity contribution in [3.63, 3.8) is 0 Å².